The summed E-state index contributed by atoms with van der Waals surface area (Å²) in [7, 11) is 0. The van der Waals surface area contributed by atoms with Crippen LogP contribution < -0.4 is 5.73 Å². The lowest BCUT2D eigenvalue weighted by Gasteiger charge is -2.26. The van der Waals surface area contributed by atoms with Crippen molar-refractivity contribution in [1.29, 1.82) is 0 Å². The number of oxime groups is 1. The van der Waals surface area contributed by atoms with Gasteiger partial charge in [-0.15, -0.1) is 5.10 Å². The molecule has 0 saturated carbocycles. The SMILES string of the molecule is CC1(C)CC(n2cnc(C(N)=NO)n2)C(C)(C)O1. The van der Waals surface area contributed by atoms with Crippen molar-refractivity contribution in [3.8, 4) is 0 Å². The molecular formula is C11H19N5O2. The maximum atomic E-state index is 8.60. The highest BCUT2D eigenvalue weighted by Crippen LogP contribution is 2.44. The average molecular weight is 253 g/mol. The molecule has 1 unspecified atom stereocenters. The minimum absolute atomic E-state index is 0.0697. The number of aromatic nitrogens is 3. The lowest BCUT2D eigenvalue weighted by molar-refractivity contribution is -0.0737. The summed E-state index contributed by atoms with van der Waals surface area (Å²) in [4.78, 5) is 4.03. The number of amidine groups is 1. The van der Waals surface area contributed by atoms with Crippen LogP contribution in [0.5, 0.6) is 0 Å². The van der Waals surface area contributed by atoms with Crippen LogP contribution in [0.1, 0.15) is 46.0 Å². The summed E-state index contributed by atoms with van der Waals surface area (Å²) in [6.07, 6.45) is 2.42. The third kappa shape index (κ3) is 2.17. The number of nitrogens with zero attached hydrogens (tertiary/aromatic N) is 4. The van der Waals surface area contributed by atoms with Crippen LogP contribution in [0, 0.1) is 0 Å². The molecule has 7 nitrogen and oxygen atoms in total. The first-order valence-electron chi connectivity index (χ1n) is 5.84. The predicted octanol–water partition coefficient (Wildman–Crippen LogP) is 0.891. The highest BCUT2D eigenvalue weighted by Gasteiger charge is 2.47. The number of hydrogen-bond donors (Lipinski definition) is 2. The van der Waals surface area contributed by atoms with Crippen LogP contribution in [0.2, 0.25) is 0 Å². The van der Waals surface area contributed by atoms with Gasteiger partial charge < -0.3 is 15.7 Å². The van der Waals surface area contributed by atoms with Crippen molar-refractivity contribution in [2.75, 3.05) is 0 Å². The van der Waals surface area contributed by atoms with E-state index in [-0.39, 0.29) is 28.9 Å². The molecule has 1 aromatic heterocycles. The van der Waals surface area contributed by atoms with Gasteiger partial charge in [-0.1, -0.05) is 5.16 Å². The molecule has 0 bridgehead atoms. The van der Waals surface area contributed by atoms with Crippen LogP contribution in [-0.4, -0.2) is 37.0 Å². The van der Waals surface area contributed by atoms with E-state index in [9.17, 15) is 0 Å². The van der Waals surface area contributed by atoms with Crippen LogP contribution in [0.15, 0.2) is 11.5 Å². The van der Waals surface area contributed by atoms with Crippen LogP contribution >= 0.6 is 0 Å². The standard InChI is InChI=1S/C11H19N5O2/c1-10(2)5-7(11(3,4)18-10)16-6-13-9(14-16)8(12)15-17/h6-7,17H,5H2,1-4H3,(H2,12,15). The quantitative estimate of drug-likeness (QED) is 0.353. The summed E-state index contributed by atoms with van der Waals surface area (Å²) in [5, 5.41) is 15.7. The maximum absolute atomic E-state index is 8.60. The van der Waals surface area contributed by atoms with Gasteiger partial charge in [0.15, 0.2) is 0 Å². The zero-order valence-electron chi connectivity index (χ0n) is 11.1. The van der Waals surface area contributed by atoms with Gasteiger partial charge in [-0.25, -0.2) is 9.67 Å². The molecule has 3 N–H and O–H groups in total. The second kappa shape index (κ2) is 3.94. The predicted molar refractivity (Wildman–Crippen MR) is 65.4 cm³/mol. The fourth-order valence-corrected chi connectivity index (χ4v) is 2.53. The smallest absolute Gasteiger partial charge is 0.219 e. The highest BCUT2D eigenvalue weighted by atomic mass is 16.5. The maximum Gasteiger partial charge on any atom is 0.219 e. The van der Waals surface area contributed by atoms with E-state index in [1.54, 1.807) is 11.0 Å². The molecule has 0 radical (unpaired) electrons. The molecule has 100 valence electrons. The summed E-state index contributed by atoms with van der Waals surface area (Å²) in [6, 6.07) is 0.0697. The Labute approximate surface area is 106 Å². The first kappa shape index (κ1) is 12.8. The fraction of sp³-hybridized carbons (Fsp3) is 0.727. The molecule has 0 spiro atoms. The van der Waals surface area contributed by atoms with Gasteiger partial charge in [0.1, 0.15) is 6.33 Å². The molecule has 1 aliphatic rings. The Morgan fingerprint density at radius 1 is 1.56 bits per heavy atom. The molecule has 2 heterocycles. The van der Waals surface area contributed by atoms with Crippen molar-refractivity contribution in [3.63, 3.8) is 0 Å². The van der Waals surface area contributed by atoms with Gasteiger partial charge in [-0.2, -0.15) is 0 Å². The van der Waals surface area contributed by atoms with E-state index < -0.39 is 0 Å². The van der Waals surface area contributed by atoms with E-state index in [4.69, 9.17) is 15.7 Å². The monoisotopic (exact) mass is 253 g/mol. The van der Waals surface area contributed by atoms with Crippen LogP contribution in [0.3, 0.4) is 0 Å². The Balaban J connectivity index is 2.30. The molecular weight excluding hydrogens is 234 g/mol. The molecule has 7 heteroatoms. The number of hydrogen-bond acceptors (Lipinski definition) is 5. The number of nitrogens with two attached hydrogens (primary N) is 1. The first-order chi connectivity index (χ1) is 8.25. The number of ether oxygens (including phenoxy) is 1. The van der Waals surface area contributed by atoms with E-state index >= 15 is 0 Å². The van der Waals surface area contributed by atoms with Gasteiger partial charge in [0.25, 0.3) is 0 Å². The summed E-state index contributed by atoms with van der Waals surface area (Å²) in [6.45, 7) is 8.15. The zero-order valence-corrected chi connectivity index (χ0v) is 11.1. The fourth-order valence-electron chi connectivity index (χ4n) is 2.53. The van der Waals surface area contributed by atoms with Crippen molar-refractivity contribution in [3.05, 3.63) is 12.2 Å². The Bertz CT molecular complexity index is 478. The van der Waals surface area contributed by atoms with E-state index in [1.165, 1.54) is 0 Å². The second-order valence-corrected chi connectivity index (χ2v) is 5.72. The lowest BCUT2D eigenvalue weighted by atomic mass is 9.95. The first-order valence-corrected chi connectivity index (χ1v) is 5.84. The van der Waals surface area contributed by atoms with Crippen LogP contribution in [0.4, 0.5) is 0 Å². The van der Waals surface area contributed by atoms with Gasteiger partial charge in [-0.05, 0) is 27.7 Å². The van der Waals surface area contributed by atoms with Crippen molar-refractivity contribution in [2.45, 2.75) is 51.4 Å². The lowest BCUT2D eigenvalue weighted by Crippen LogP contribution is -2.31. The van der Waals surface area contributed by atoms with E-state index in [1.807, 2.05) is 13.8 Å². The average Bonchev–Trinajstić information content (AvgIpc) is 2.79. The second-order valence-electron chi connectivity index (χ2n) is 5.72. The zero-order chi connectivity index (χ0) is 13.6. The highest BCUT2D eigenvalue weighted by molar-refractivity contribution is 5.93. The van der Waals surface area contributed by atoms with Crippen molar-refractivity contribution in [2.24, 2.45) is 10.9 Å². The van der Waals surface area contributed by atoms with Gasteiger partial charge >= 0.3 is 0 Å². The van der Waals surface area contributed by atoms with Gasteiger partial charge in [0, 0.05) is 6.42 Å². The molecule has 0 aliphatic carbocycles. The Morgan fingerprint density at radius 3 is 2.72 bits per heavy atom. The van der Waals surface area contributed by atoms with Crippen LogP contribution in [0.25, 0.3) is 0 Å². The third-order valence-electron chi connectivity index (χ3n) is 3.19. The summed E-state index contributed by atoms with van der Waals surface area (Å²) < 4.78 is 7.72. The largest absolute Gasteiger partial charge is 0.409 e. The molecule has 2 rings (SSSR count). The van der Waals surface area contributed by atoms with Crippen molar-refractivity contribution >= 4 is 5.84 Å². The molecule has 1 aliphatic heterocycles. The molecule has 0 aromatic carbocycles. The third-order valence-corrected chi connectivity index (χ3v) is 3.19. The topological polar surface area (TPSA) is 98.6 Å². The molecule has 1 saturated heterocycles. The minimum Gasteiger partial charge on any atom is -0.409 e. The van der Waals surface area contributed by atoms with Gasteiger partial charge in [0.2, 0.25) is 11.7 Å². The molecule has 1 atom stereocenters. The molecule has 18 heavy (non-hydrogen) atoms. The minimum atomic E-state index is -0.334. The number of rotatable bonds is 2. The Morgan fingerprint density at radius 2 is 2.22 bits per heavy atom. The molecule has 1 fully saturated rings. The van der Waals surface area contributed by atoms with E-state index in [0.717, 1.165) is 6.42 Å². The molecule has 0 amide bonds. The normalized spacial score (nSPS) is 26.4. The Kier molecular flexibility index (Phi) is 2.81. The summed E-state index contributed by atoms with van der Waals surface area (Å²) >= 11 is 0. The van der Waals surface area contributed by atoms with Crippen LogP contribution in [-0.2, 0) is 4.74 Å². The van der Waals surface area contributed by atoms with E-state index in [2.05, 4.69) is 29.1 Å². The van der Waals surface area contributed by atoms with Gasteiger partial charge in [0.05, 0.1) is 17.2 Å². The van der Waals surface area contributed by atoms with E-state index in [0.29, 0.717) is 0 Å². The van der Waals surface area contributed by atoms with Crippen molar-refractivity contribution in [1.82, 2.24) is 14.8 Å². The van der Waals surface area contributed by atoms with Gasteiger partial charge in [-0.3, -0.25) is 0 Å². The van der Waals surface area contributed by atoms with Crippen molar-refractivity contribution < 1.29 is 9.94 Å². The molecule has 1 aromatic rings. The summed E-state index contributed by atoms with van der Waals surface area (Å²) in [5.41, 5.74) is 4.93. The summed E-state index contributed by atoms with van der Waals surface area (Å²) in [5.74, 6) is 0.128. The Hall–Kier alpha value is -1.63.